The summed E-state index contributed by atoms with van der Waals surface area (Å²) in [6, 6.07) is 3.85. The van der Waals surface area contributed by atoms with Gasteiger partial charge < -0.3 is 5.32 Å². The molecule has 0 saturated heterocycles. The Morgan fingerprint density at radius 1 is 1.56 bits per heavy atom. The number of carbonyl (C=O) groups is 1. The van der Waals surface area contributed by atoms with E-state index in [-0.39, 0.29) is 5.91 Å². The number of alkyl halides is 1. The third kappa shape index (κ3) is 2.79. The van der Waals surface area contributed by atoms with E-state index >= 15 is 0 Å². The zero-order valence-electron chi connectivity index (χ0n) is 8.71. The van der Waals surface area contributed by atoms with Crippen LogP contribution in [0, 0.1) is 5.92 Å². The first kappa shape index (κ1) is 12.4. The lowest BCUT2D eigenvalue weighted by Gasteiger charge is -2.18. The minimum atomic E-state index is 0.00903. The highest BCUT2D eigenvalue weighted by Gasteiger charge is 2.28. The van der Waals surface area contributed by atoms with Gasteiger partial charge in [-0.2, -0.15) is 0 Å². The van der Waals surface area contributed by atoms with E-state index in [1.165, 1.54) is 24.2 Å². The van der Waals surface area contributed by atoms with Gasteiger partial charge in [-0.3, -0.25) is 4.79 Å². The first-order valence-electron chi connectivity index (χ1n) is 5.33. The fourth-order valence-electron chi connectivity index (χ4n) is 2.09. The second-order valence-corrected chi connectivity index (χ2v) is 6.39. The van der Waals surface area contributed by atoms with Crippen LogP contribution in [0.15, 0.2) is 12.1 Å². The van der Waals surface area contributed by atoms with Gasteiger partial charge in [-0.05, 0) is 30.9 Å². The first-order valence-corrected chi connectivity index (χ1v) is 7.64. The summed E-state index contributed by atoms with van der Waals surface area (Å²) >= 11 is 10.6. The molecule has 2 rings (SSSR count). The monoisotopic (exact) mass is 321 g/mol. The van der Waals surface area contributed by atoms with E-state index in [4.69, 9.17) is 11.6 Å². The molecule has 2 nitrogen and oxygen atoms in total. The molecule has 0 bridgehead atoms. The Morgan fingerprint density at radius 3 is 3.00 bits per heavy atom. The number of amides is 1. The van der Waals surface area contributed by atoms with E-state index in [1.54, 1.807) is 12.1 Å². The Kier molecular flexibility index (Phi) is 4.27. The highest BCUT2D eigenvalue weighted by molar-refractivity contribution is 9.09. The summed E-state index contributed by atoms with van der Waals surface area (Å²) in [5.41, 5.74) is 0. The highest BCUT2D eigenvalue weighted by atomic mass is 79.9. The number of nitrogens with one attached hydrogen (secondary N) is 1. The van der Waals surface area contributed by atoms with E-state index in [0.717, 1.165) is 11.8 Å². The standard InChI is InChI=1S/C11H13BrClNOS/c12-6-7-2-1-3-8(7)14-11(15)9-4-5-10(13)16-9/h4-5,7-8H,1-3,6H2,(H,14,15). The summed E-state index contributed by atoms with van der Waals surface area (Å²) in [6.45, 7) is 0. The molecule has 1 aliphatic rings. The van der Waals surface area contributed by atoms with E-state index in [2.05, 4.69) is 21.2 Å². The molecule has 2 atom stereocenters. The zero-order valence-corrected chi connectivity index (χ0v) is 11.9. The minimum absolute atomic E-state index is 0.00903. The van der Waals surface area contributed by atoms with Gasteiger partial charge in [-0.25, -0.2) is 0 Å². The summed E-state index contributed by atoms with van der Waals surface area (Å²) in [5, 5.41) is 4.05. The van der Waals surface area contributed by atoms with Crippen LogP contribution < -0.4 is 5.32 Å². The number of rotatable bonds is 3. The molecule has 1 aromatic heterocycles. The van der Waals surface area contributed by atoms with Gasteiger partial charge in [-0.1, -0.05) is 34.0 Å². The molecule has 0 spiro atoms. The number of halogens is 2. The van der Waals surface area contributed by atoms with Gasteiger partial charge in [0.25, 0.3) is 5.91 Å². The van der Waals surface area contributed by atoms with Crippen molar-refractivity contribution < 1.29 is 4.79 Å². The van der Waals surface area contributed by atoms with Gasteiger partial charge in [0.05, 0.1) is 9.21 Å². The quantitative estimate of drug-likeness (QED) is 0.845. The van der Waals surface area contributed by atoms with Gasteiger partial charge >= 0.3 is 0 Å². The number of hydrogen-bond donors (Lipinski definition) is 1. The molecule has 1 amide bonds. The third-order valence-corrected chi connectivity index (χ3v) is 5.03. The van der Waals surface area contributed by atoms with Gasteiger partial charge in [0.15, 0.2) is 0 Å². The number of carbonyl (C=O) groups excluding carboxylic acids is 1. The second kappa shape index (κ2) is 5.52. The van der Waals surface area contributed by atoms with Gasteiger partial charge in [0.1, 0.15) is 0 Å². The normalized spacial score (nSPS) is 24.6. The molecule has 2 unspecified atom stereocenters. The Labute approximate surface area is 113 Å². The molecule has 0 aromatic carbocycles. The van der Waals surface area contributed by atoms with Crippen molar-refractivity contribution in [3.63, 3.8) is 0 Å². The lowest BCUT2D eigenvalue weighted by Crippen LogP contribution is -2.37. The van der Waals surface area contributed by atoms with Crippen LogP contribution in [0.3, 0.4) is 0 Å². The molecule has 5 heteroatoms. The maximum atomic E-state index is 11.9. The van der Waals surface area contributed by atoms with Crippen LogP contribution in [0.1, 0.15) is 28.9 Å². The average molecular weight is 323 g/mol. The lowest BCUT2D eigenvalue weighted by atomic mass is 10.1. The van der Waals surface area contributed by atoms with E-state index in [0.29, 0.717) is 21.2 Å². The summed E-state index contributed by atoms with van der Waals surface area (Å²) in [7, 11) is 0. The summed E-state index contributed by atoms with van der Waals surface area (Å²) in [5.74, 6) is 0.578. The second-order valence-electron chi connectivity index (χ2n) is 4.03. The van der Waals surface area contributed by atoms with Gasteiger partial charge in [0.2, 0.25) is 0 Å². The number of hydrogen-bond acceptors (Lipinski definition) is 2. The van der Waals surface area contributed by atoms with Crippen LogP contribution in [0.5, 0.6) is 0 Å². The Balaban J connectivity index is 1.97. The van der Waals surface area contributed by atoms with E-state index in [1.807, 2.05) is 0 Å². The van der Waals surface area contributed by atoms with Crippen molar-refractivity contribution in [3.8, 4) is 0 Å². The maximum Gasteiger partial charge on any atom is 0.261 e. The summed E-state index contributed by atoms with van der Waals surface area (Å²) < 4.78 is 0.661. The summed E-state index contributed by atoms with van der Waals surface area (Å²) in [6.07, 6.45) is 3.48. The molecule has 1 saturated carbocycles. The largest absolute Gasteiger partial charge is 0.348 e. The zero-order chi connectivity index (χ0) is 11.5. The van der Waals surface area contributed by atoms with E-state index < -0.39 is 0 Å². The average Bonchev–Trinajstić information content (AvgIpc) is 2.86. The van der Waals surface area contributed by atoms with Crippen LogP contribution >= 0.6 is 38.9 Å². The van der Waals surface area contributed by atoms with Crippen molar-refractivity contribution in [2.75, 3.05) is 5.33 Å². The number of thiophene rings is 1. The van der Waals surface area contributed by atoms with Crippen LogP contribution in [0.4, 0.5) is 0 Å². The molecule has 1 fully saturated rings. The van der Waals surface area contributed by atoms with Crippen LogP contribution in [0.25, 0.3) is 0 Å². The Morgan fingerprint density at radius 2 is 2.38 bits per heavy atom. The Hall–Kier alpha value is -0.0600. The van der Waals surface area contributed by atoms with Crippen molar-refractivity contribution in [3.05, 3.63) is 21.3 Å². The van der Waals surface area contributed by atoms with Crippen LogP contribution in [0.2, 0.25) is 4.34 Å². The molecule has 16 heavy (non-hydrogen) atoms. The summed E-state index contributed by atoms with van der Waals surface area (Å²) in [4.78, 5) is 12.6. The van der Waals surface area contributed by atoms with Crippen molar-refractivity contribution in [1.82, 2.24) is 5.32 Å². The molecule has 0 aliphatic heterocycles. The fourth-order valence-corrected chi connectivity index (χ4v) is 3.81. The highest BCUT2D eigenvalue weighted by Crippen LogP contribution is 2.28. The molecule has 1 heterocycles. The predicted molar refractivity (Wildman–Crippen MR) is 71.7 cm³/mol. The molecule has 0 radical (unpaired) electrons. The smallest absolute Gasteiger partial charge is 0.261 e. The third-order valence-electron chi connectivity index (χ3n) is 2.97. The molecule has 88 valence electrons. The molecule has 1 aromatic rings. The van der Waals surface area contributed by atoms with Gasteiger partial charge in [-0.15, -0.1) is 11.3 Å². The van der Waals surface area contributed by atoms with E-state index in [9.17, 15) is 4.79 Å². The van der Waals surface area contributed by atoms with Crippen molar-refractivity contribution >= 4 is 44.8 Å². The Bertz CT molecular complexity index is 382. The minimum Gasteiger partial charge on any atom is -0.348 e. The first-order chi connectivity index (χ1) is 7.70. The topological polar surface area (TPSA) is 29.1 Å². The van der Waals surface area contributed by atoms with Crippen LogP contribution in [-0.4, -0.2) is 17.3 Å². The molecule has 1 N–H and O–H groups in total. The molecule has 1 aliphatic carbocycles. The van der Waals surface area contributed by atoms with Crippen molar-refractivity contribution in [1.29, 1.82) is 0 Å². The molecular weight excluding hydrogens is 310 g/mol. The lowest BCUT2D eigenvalue weighted by molar-refractivity contribution is 0.0934. The van der Waals surface area contributed by atoms with Gasteiger partial charge in [0, 0.05) is 11.4 Å². The fraction of sp³-hybridized carbons (Fsp3) is 0.545. The van der Waals surface area contributed by atoms with Crippen molar-refractivity contribution in [2.24, 2.45) is 5.92 Å². The maximum absolute atomic E-state index is 11.9. The van der Waals surface area contributed by atoms with Crippen molar-refractivity contribution in [2.45, 2.75) is 25.3 Å². The predicted octanol–water partition coefficient (Wildman–Crippen LogP) is 3.69. The van der Waals surface area contributed by atoms with Crippen LogP contribution in [-0.2, 0) is 0 Å². The SMILES string of the molecule is O=C(NC1CCCC1CBr)c1ccc(Cl)s1. The molecular formula is C11H13BrClNOS.